The van der Waals surface area contributed by atoms with Crippen LogP contribution in [0, 0.1) is 11.6 Å². The highest BCUT2D eigenvalue weighted by Crippen LogP contribution is 2.26. The summed E-state index contributed by atoms with van der Waals surface area (Å²) in [5.74, 6) is 3.35. The molecule has 14 heteroatoms. The Labute approximate surface area is 344 Å². The van der Waals surface area contributed by atoms with Gasteiger partial charge in [0.15, 0.2) is 0 Å². The number of ether oxygens (including phenoxy) is 1. The predicted molar refractivity (Wildman–Crippen MR) is 233 cm³/mol. The molecule has 2 atom stereocenters. The summed E-state index contributed by atoms with van der Waals surface area (Å²) in [6.07, 6.45) is 11.4. The molecule has 12 nitrogen and oxygen atoms in total. The molecule has 2 N–H and O–H groups in total. The van der Waals surface area contributed by atoms with Crippen LogP contribution in [0.3, 0.4) is 0 Å². The lowest BCUT2D eigenvalue weighted by Gasteiger charge is -2.36. The summed E-state index contributed by atoms with van der Waals surface area (Å²) >= 11 is 0. The van der Waals surface area contributed by atoms with Gasteiger partial charge in [-0.2, -0.15) is 0 Å². The van der Waals surface area contributed by atoms with E-state index in [1.54, 1.807) is 44.0 Å². The van der Waals surface area contributed by atoms with Gasteiger partial charge in [-0.1, -0.05) is 26.0 Å². The van der Waals surface area contributed by atoms with E-state index < -0.39 is 0 Å². The molecule has 0 saturated carbocycles. The van der Waals surface area contributed by atoms with Gasteiger partial charge in [0.1, 0.15) is 47.6 Å². The average Bonchev–Trinajstić information content (AvgIpc) is 3.27. The maximum Gasteiger partial charge on any atom is 0.134 e. The summed E-state index contributed by atoms with van der Waals surface area (Å²) < 4.78 is 32.3. The Bertz CT molecular complexity index is 1810. The number of nitrogens with one attached hydrogen (secondary N) is 2. The molecule has 0 bridgehead atoms. The van der Waals surface area contributed by atoms with Crippen molar-refractivity contribution in [1.29, 1.82) is 0 Å². The molecule has 4 fully saturated rings. The number of rotatable bonds is 11. The average molecular weight is 800 g/mol. The van der Waals surface area contributed by atoms with E-state index in [0.29, 0.717) is 6.04 Å². The van der Waals surface area contributed by atoms with E-state index in [9.17, 15) is 8.78 Å². The van der Waals surface area contributed by atoms with E-state index in [0.717, 1.165) is 139 Å². The first-order chi connectivity index (χ1) is 28.5. The van der Waals surface area contributed by atoms with Crippen molar-refractivity contribution in [3.8, 4) is 0 Å². The number of anilines is 6. The SMILES string of the molecule is CC.COCCN1CCN(c2cc(NC3CCCN(c4cccc(F)c4)C3)ncn2)CC1.Fc1cccc(N2CCCC(Nc3cc(N4CCCCC4)ncn3)C2)c1. The normalized spacial score (nSPS) is 20.0. The molecule has 8 rings (SSSR count). The van der Waals surface area contributed by atoms with Gasteiger partial charge in [-0.15, -0.1) is 0 Å². The number of piperazine rings is 1. The quantitative estimate of drug-likeness (QED) is 0.161. The number of halogens is 2. The predicted octanol–water partition coefficient (Wildman–Crippen LogP) is 7.18. The van der Waals surface area contributed by atoms with Gasteiger partial charge in [0, 0.05) is 115 Å². The standard InChI is InChI=1S/C22H31FN6O.C20H26FN5.C2H6/c1-30-13-12-27-8-10-28(11-9-27)22-15-21(24-17-25-22)26-19-5-3-7-29(16-19)20-6-2-4-18(23)14-20;21-16-6-4-8-18(12-16)26-11-5-7-17(14-26)24-19-13-20(23-15-22-19)25-9-2-1-3-10-25;1-2/h2,4,6,14-15,17,19H,3,5,7-13,16H2,1H3,(H,24,25,26);4,6,8,12-13,15,17H,1-3,5,7,9-11,14H2,(H,22,23,24);1-2H3. The first-order valence-corrected chi connectivity index (χ1v) is 21.4. The van der Waals surface area contributed by atoms with Gasteiger partial charge in [-0.05, 0) is 81.3 Å². The molecule has 4 aliphatic heterocycles. The van der Waals surface area contributed by atoms with E-state index in [-0.39, 0.29) is 17.7 Å². The fourth-order valence-corrected chi connectivity index (χ4v) is 8.16. The molecule has 0 amide bonds. The Morgan fingerprint density at radius 2 is 1.07 bits per heavy atom. The van der Waals surface area contributed by atoms with Crippen LogP contribution in [0.4, 0.5) is 43.4 Å². The third-order valence-electron chi connectivity index (χ3n) is 11.2. The molecule has 314 valence electrons. The topological polar surface area (TPSA) is 101 Å². The molecule has 2 aromatic carbocycles. The Hall–Kier alpha value is -4.82. The zero-order valence-electron chi connectivity index (χ0n) is 34.7. The van der Waals surface area contributed by atoms with E-state index in [1.165, 1.54) is 31.4 Å². The molecule has 0 aliphatic carbocycles. The van der Waals surface area contributed by atoms with Crippen LogP contribution in [0.15, 0.2) is 73.3 Å². The molecule has 0 spiro atoms. The molecule has 4 aromatic rings. The zero-order chi connectivity index (χ0) is 40.5. The van der Waals surface area contributed by atoms with Crippen LogP contribution in [0.25, 0.3) is 0 Å². The second-order valence-corrected chi connectivity index (χ2v) is 15.2. The molecule has 2 unspecified atom stereocenters. The second kappa shape index (κ2) is 22.4. The first kappa shape index (κ1) is 42.8. The number of benzene rings is 2. The van der Waals surface area contributed by atoms with Gasteiger partial charge in [0.05, 0.1) is 6.61 Å². The van der Waals surface area contributed by atoms with Gasteiger partial charge in [-0.3, -0.25) is 4.90 Å². The van der Waals surface area contributed by atoms with E-state index in [2.05, 4.69) is 61.1 Å². The lowest BCUT2D eigenvalue weighted by Crippen LogP contribution is -2.47. The minimum atomic E-state index is -0.189. The number of nitrogens with zero attached hydrogens (tertiary/aromatic N) is 9. The van der Waals surface area contributed by atoms with Crippen molar-refractivity contribution >= 4 is 34.6 Å². The zero-order valence-corrected chi connectivity index (χ0v) is 34.7. The largest absolute Gasteiger partial charge is 0.383 e. The first-order valence-electron chi connectivity index (χ1n) is 21.4. The van der Waals surface area contributed by atoms with Gasteiger partial charge in [0.25, 0.3) is 0 Å². The van der Waals surface area contributed by atoms with Crippen molar-refractivity contribution in [3.05, 3.63) is 85.0 Å². The van der Waals surface area contributed by atoms with Gasteiger partial charge >= 0.3 is 0 Å². The van der Waals surface area contributed by atoms with Crippen LogP contribution in [-0.2, 0) is 4.74 Å². The molecule has 0 radical (unpaired) electrons. The molecule has 58 heavy (non-hydrogen) atoms. The van der Waals surface area contributed by atoms with Crippen LogP contribution in [0.1, 0.15) is 58.8 Å². The fraction of sp³-hybridized carbons (Fsp3) is 0.545. The van der Waals surface area contributed by atoms with Crippen molar-refractivity contribution in [2.24, 2.45) is 0 Å². The van der Waals surface area contributed by atoms with Gasteiger partial charge in [0.2, 0.25) is 0 Å². The smallest absolute Gasteiger partial charge is 0.134 e. The molecular formula is C44H63F2N11O. The minimum Gasteiger partial charge on any atom is -0.383 e. The molecule has 4 saturated heterocycles. The maximum atomic E-state index is 13.6. The fourth-order valence-electron chi connectivity index (χ4n) is 8.16. The Morgan fingerprint density at radius 1 is 0.586 bits per heavy atom. The molecule has 4 aliphatic rings. The molecular weight excluding hydrogens is 737 g/mol. The van der Waals surface area contributed by atoms with Crippen LogP contribution in [0.2, 0.25) is 0 Å². The van der Waals surface area contributed by atoms with E-state index >= 15 is 0 Å². The van der Waals surface area contributed by atoms with Crippen LogP contribution in [-0.4, -0.2) is 123 Å². The maximum absolute atomic E-state index is 13.6. The second-order valence-electron chi connectivity index (χ2n) is 15.2. The number of piperidine rings is 3. The van der Waals surface area contributed by atoms with Gasteiger partial charge < -0.3 is 35.0 Å². The van der Waals surface area contributed by atoms with Crippen molar-refractivity contribution in [2.75, 3.05) is 116 Å². The third-order valence-corrected chi connectivity index (χ3v) is 11.2. The van der Waals surface area contributed by atoms with Crippen molar-refractivity contribution in [2.45, 2.75) is 70.9 Å². The number of hydrogen-bond acceptors (Lipinski definition) is 12. The highest BCUT2D eigenvalue weighted by molar-refractivity contribution is 5.53. The van der Waals surface area contributed by atoms with E-state index in [1.807, 2.05) is 32.0 Å². The van der Waals surface area contributed by atoms with E-state index in [4.69, 9.17) is 4.74 Å². The lowest BCUT2D eigenvalue weighted by molar-refractivity contribution is 0.144. The Morgan fingerprint density at radius 3 is 1.55 bits per heavy atom. The Kier molecular flexibility index (Phi) is 16.5. The summed E-state index contributed by atoms with van der Waals surface area (Å²) in [6.45, 7) is 15.4. The Balaban J connectivity index is 0.000000189. The summed E-state index contributed by atoms with van der Waals surface area (Å²) in [7, 11) is 1.75. The summed E-state index contributed by atoms with van der Waals surface area (Å²) in [5, 5.41) is 7.13. The lowest BCUT2D eigenvalue weighted by atomic mass is 10.0. The highest BCUT2D eigenvalue weighted by atomic mass is 19.1. The molecule has 6 heterocycles. The number of hydrogen-bond donors (Lipinski definition) is 2. The number of aromatic nitrogens is 4. The third kappa shape index (κ3) is 12.6. The minimum absolute atomic E-state index is 0.181. The monoisotopic (exact) mass is 800 g/mol. The number of methoxy groups -OCH3 is 1. The molecule has 2 aromatic heterocycles. The summed E-state index contributed by atoms with van der Waals surface area (Å²) in [5.41, 5.74) is 1.89. The van der Waals surface area contributed by atoms with Crippen LogP contribution in [0.5, 0.6) is 0 Å². The highest BCUT2D eigenvalue weighted by Gasteiger charge is 2.24. The van der Waals surface area contributed by atoms with Crippen molar-refractivity contribution < 1.29 is 13.5 Å². The van der Waals surface area contributed by atoms with Crippen molar-refractivity contribution in [3.63, 3.8) is 0 Å². The van der Waals surface area contributed by atoms with Crippen molar-refractivity contribution in [1.82, 2.24) is 24.8 Å². The summed E-state index contributed by atoms with van der Waals surface area (Å²) in [4.78, 5) is 29.4. The summed E-state index contributed by atoms with van der Waals surface area (Å²) in [6, 6.07) is 18.4. The van der Waals surface area contributed by atoms with Crippen LogP contribution >= 0.6 is 0 Å². The van der Waals surface area contributed by atoms with Gasteiger partial charge in [-0.25, -0.2) is 28.7 Å². The van der Waals surface area contributed by atoms with Crippen LogP contribution < -0.4 is 30.2 Å².